The molecule has 3 heterocycles. The van der Waals surface area contributed by atoms with Crippen LogP contribution in [0, 0.1) is 5.92 Å². The number of nitrogens with zero attached hydrogens (tertiary/aromatic N) is 1. The smallest absolute Gasteiger partial charge is 0.422 e. The zero-order valence-corrected chi connectivity index (χ0v) is 21.4. The Bertz CT molecular complexity index is 1170. The molecule has 3 aliphatic rings. The van der Waals surface area contributed by atoms with Crippen LogP contribution in [-0.2, 0) is 16.8 Å². The van der Waals surface area contributed by atoms with Gasteiger partial charge in [0.05, 0.1) is 31.6 Å². The minimum Gasteiger partial charge on any atom is -0.484 e. The molecule has 5 nitrogen and oxygen atoms in total. The molecule has 2 aromatic rings. The van der Waals surface area contributed by atoms with E-state index in [1.54, 1.807) is 6.07 Å². The van der Waals surface area contributed by atoms with E-state index in [1.807, 2.05) is 47.0 Å². The zero-order valence-electron chi connectivity index (χ0n) is 21.4. The van der Waals surface area contributed by atoms with E-state index in [0.717, 1.165) is 11.1 Å². The van der Waals surface area contributed by atoms with Crippen LogP contribution in [0.25, 0.3) is 0 Å². The summed E-state index contributed by atoms with van der Waals surface area (Å²) in [5.74, 6) is -0.817. The lowest BCUT2D eigenvalue weighted by Gasteiger charge is -2.43. The molecule has 4 N–H and O–H groups in total. The van der Waals surface area contributed by atoms with Gasteiger partial charge in [-0.05, 0) is 36.0 Å². The fourth-order valence-corrected chi connectivity index (χ4v) is 6.89. The first kappa shape index (κ1) is 27.8. The Morgan fingerprint density at radius 3 is 2.44 bits per heavy atom. The topological polar surface area (TPSA) is 62.8 Å². The average molecular weight is 558 g/mol. The third-order valence-corrected chi connectivity index (χ3v) is 8.53. The number of nitrogens with two attached hydrogens (primary N) is 2. The molecule has 2 saturated heterocycles. The number of benzene rings is 2. The molecule has 39 heavy (non-hydrogen) atoms. The number of fused-ring (bicyclic) bond motifs is 2. The lowest BCUT2D eigenvalue weighted by Crippen LogP contribution is -2.91. The van der Waals surface area contributed by atoms with Gasteiger partial charge in [0.15, 0.2) is 6.61 Å². The summed E-state index contributed by atoms with van der Waals surface area (Å²) in [5.41, 5.74) is 1.66. The Morgan fingerprint density at radius 1 is 0.974 bits per heavy atom. The van der Waals surface area contributed by atoms with E-state index in [1.165, 1.54) is 11.0 Å². The van der Waals surface area contributed by atoms with Crippen molar-refractivity contribution in [2.75, 3.05) is 32.8 Å². The van der Waals surface area contributed by atoms with Crippen molar-refractivity contribution in [3.8, 4) is 5.75 Å². The Balaban J connectivity index is 1.43. The van der Waals surface area contributed by atoms with E-state index in [4.69, 9.17) is 4.74 Å². The van der Waals surface area contributed by atoms with Gasteiger partial charge in [-0.2, -0.15) is 26.3 Å². The summed E-state index contributed by atoms with van der Waals surface area (Å²) in [6.45, 7) is 0.694. The molecule has 0 saturated carbocycles. The molecular weight excluding hydrogens is 524 g/mol. The van der Waals surface area contributed by atoms with Crippen LogP contribution < -0.4 is 15.4 Å². The molecule has 2 aromatic carbocycles. The van der Waals surface area contributed by atoms with Crippen LogP contribution in [0.3, 0.4) is 0 Å². The van der Waals surface area contributed by atoms with Crippen LogP contribution >= 0.6 is 0 Å². The van der Waals surface area contributed by atoms with Crippen molar-refractivity contribution in [1.29, 1.82) is 0 Å². The van der Waals surface area contributed by atoms with Crippen molar-refractivity contribution >= 4 is 5.91 Å². The first-order chi connectivity index (χ1) is 18.5. The van der Waals surface area contributed by atoms with Gasteiger partial charge in [0, 0.05) is 12.6 Å². The predicted octanol–water partition coefficient (Wildman–Crippen LogP) is 2.86. The highest BCUT2D eigenvalue weighted by molar-refractivity contribution is 5.82. The molecule has 0 aliphatic carbocycles. The summed E-state index contributed by atoms with van der Waals surface area (Å²) in [4.78, 5) is 15.6. The number of likely N-dealkylation sites (tertiary alicyclic amines) is 1. The maximum absolute atomic E-state index is 14.1. The molecule has 0 unspecified atom stereocenters. The fourth-order valence-electron chi connectivity index (χ4n) is 6.89. The van der Waals surface area contributed by atoms with Gasteiger partial charge in [-0.25, -0.2) is 0 Å². The van der Waals surface area contributed by atoms with E-state index < -0.39 is 42.8 Å². The van der Waals surface area contributed by atoms with Gasteiger partial charge in [-0.15, -0.1) is 0 Å². The van der Waals surface area contributed by atoms with Crippen LogP contribution in [0.1, 0.15) is 41.9 Å². The highest BCUT2D eigenvalue weighted by Gasteiger charge is 2.57. The number of alkyl halides is 6. The van der Waals surface area contributed by atoms with E-state index in [9.17, 15) is 31.1 Å². The van der Waals surface area contributed by atoms with Gasteiger partial charge in [0.25, 0.3) is 0 Å². The number of hydrogen-bond donors (Lipinski definition) is 2. The van der Waals surface area contributed by atoms with Gasteiger partial charge in [0.2, 0.25) is 5.91 Å². The van der Waals surface area contributed by atoms with E-state index in [-0.39, 0.29) is 30.5 Å². The number of rotatable bonds is 5. The number of carbonyl (C=O) groups excluding carboxylic acids is 1. The third kappa shape index (κ3) is 5.89. The average Bonchev–Trinajstić information content (AvgIpc) is 3.30. The standard InChI is InChI=1S/C28H31F6N3O2/c29-27(30,31)12-20-11-19(18-5-2-1-3-6-18)9-10-37(20)25(38)23-14-36-16-26(23)15-35-13-21-22(26)7-4-8-24(21)39-17-28(32,33)34/h1-8,19-20,23,35-36H,9-17H2/p+2/t19-,20+,23+,26+/m1/s1. The summed E-state index contributed by atoms with van der Waals surface area (Å²) in [7, 11) is 0. The fraction of sp³-hybridized carbons (Fsp3) is 0.536. The van der Waals surface area contributed by atoms with Crippen LogP contribution in [0.2, 0.25) is 0 Å². The van der Waals surface area contributed by atoms with Gasteiger partial charge in [0.1, 0.15) is 23.6 Å². The molecule has 1 spiro atoms. The van der Waals surface area contributed by atoms with Crippen LogP contribution in [0.15, 0.2) is 48.5 Å². The maximum atomic E-state index is 14.1. The summed E-state index contributed by atoms with van der Waals surface area (Å²) in [6, 6.07) is 13.4. The normalized spacial score (nSPS) is 27.4. The van der Waals surface area contributed by atoms with E-state index in [2.05, 4.69) is 0 Å². The number of hydrogen-bond acceptors (Lipinski definition) is 2. The molecule has 3 aliphatic heterocycles. The Hall–Kier alpha value is -2.79. The molecule has 11 heteroatoms. The highest BCUT2D eigenvalue weighted by Crippen LogP contribution is 2.43. The van der Waals surface area contributed by atoms with Crippen molar-refractivity contribution in [3.63, 3.8) is 0 Å². The SMILES string of the molecule is O=C([C@@H]1C[NH2+]C[C@]12C[NH2+]Cc1c(OCC(F)(F)F)cccc12)N1CC[C@@H](c2ccccc2)C[C@H]1CC(F)(F)F. The quantitative estimate of drug-likeness (QED) is 0.556. The van der Waals surface area contributed by atoms with Gasteiger partial charge in [-0.3, -0.25) is 4.79 Å². The number of carbonyl (C=O) groups is 1. The monoisotopic (exact) mass is 557 g/mol. The molecular formula is C28H33F6N3O2+2. The first-order valence-electron chi connectivity index (χ1n) is 13.3. The zero-order chi connectivity index (χ0) is 27.8. The van der Waals surface area contributed by atoms with Crippen molar-refractivity contribution in [1.82, 2.24) is 4.90 Å². The second-order valence-electron chi connectivity index (χ2n) is 11.0. The molecule has 5 rings (SSSR count). The molecule has 0 radical (unpaired) electrons. The lowest BCUT2D eigenvalue weighted by atomic mass is 9.68. The predicted molar refractivity (Wildman–Crippen MR) is 130 cm³/mol. The van der Waals surface area contributed by atoms with Crippen molar-refractivity contribution in [3.05, 3.63) is 65.2 Å². The van der Waals surface area contributed by atoms with Crippen molar-refractivity contribution in [2.24, 2.45) is 5.92 Å². The second kappa shape index (κ2) is 10.6. The number of piperidine rings is 1. The summed E-state index contributed by atoms with van der Waals surface area (Å²) in [6.07, 6.45) is -9.17. The van der Waals surface area contributed by atoms with Crippen LogP contribution in [0.4, 0.5) is 26.3 Å². The molecule has 0 aromatic heterocycles. The van der Waals surface area contributed by atoms with E-state index >= 15 is 0 Å². The lowest BCUT2D eigenvalue weighted by molar-refractivity contribution is -0.691. The van der Waals surface area contributed by atoms with Crippen LogP contribution in [0.5, 0.6) is 5.75 Å². The minimum atomic E-state index is -4.49. The summed E-state index contributed by atoms with van der Waals surface area (Å²) in [5, 5.41) is 3.95. The van der Waals surface area contributed by atoms with Crippen LogP contribution in [-0.4, -0.2) is 62.0 Å². The number of amides is 1. The van der Waals surface area contributed by atoms with Crippen molar-refractivity contribution < 1.29 is 46.5 Å². The number of ether oxygens (including phenoxy) is 1. The number of halogens is 6. The van der Waals surface area contributed by atoms with E-state index in [0.29, 0.717) is 38.2 Å². The largest absolute Gasteiger partial charge is 0.484 e. The number of quaternary nitrogens is 2. The second-order valence-corrected chi connectivity index (χ2v) is 11.0. The van der Waals surface area contributed by atoms with Gasteiger partial charge >= 0.3 is 12.4 Å². The molecule has 212 valence electrons. The minimum absolute atomic E-state index is 0.0659. The first-order valence-corrected chi connectivity index (χ1v) is 13.3. The third-order valence-electron chi connectivity index (χ3n) is 8.53. The Kier molecular flexibility index (Phi) is 7.58. The summed E-state index contributed by atoms with van der Waals surface area (Å²) >= 11 is 0. The van der Waals surface area contributed by atoms with Gasteiger partial charge < -0.3 is 20.3 Å². The molecule has 2 fully saturated rings. The molecule has 1 amide bonds. The molecule has 4 atom stereocenters. The summed E-state index contributed by atoms with van der Waals surface area (Å²) < 4.78 is 84.8. The van der Waals surface area contributed by atoms with Crippen molar-refractivity contribution in [2.45, 2.75) is 55.5 Å². The Labute approximate surface area is 222 Å². The molecule has 0 bridgehead atoms. The highest BCUT2D eigenvalue weighted by atomic mass is 19.4. The Morgan fingerprint density at radius 2 is 1.72 bits per heavy atom. The maximum Gasteiger partial charge on any atom is 0.422 e. The van der Waals surface area contributed by atoms with Gasteiger partial charge in [-0.1, -0.05) is 42.5 Å².